The summed E-state index contributed by atoms with van der Waals surface area (Å²) in [6.07, 6.45) is 6.98. The van der Waals surface area contributed by atoms with Crippen LogP contribution in [0, 0.1) is 11.8 Å². The van der Waals surface area contributed by atoms with Crippen molar-refractivity contribution < 1.29 is 0 Å². The van der Waals surface area contributed by atoms with Gasteiger partial charge in [-0.25, -0.2) is 0 Å². The normalized spacial score (nSPS) is 10.9. The molecule has 0 saturated carbocycles. The van der Waals surface area contributed by atoms with Crippen LogP contribution in [-0.2, 0) is 0 Å². The van der Waals surface area contributed by atoms with Gasteiger partial charge in [0.05, 0.1) is 0 Å². The van der Waals surface area contributed by atoms with Gasteiger partial charge in [0.1, 0.15) is 0 Å². The Hall–Kier alpha value is -1.74. The second-order valence-electron chi connectivity index (χ2n) is 5.09. The van der Waals surface area contributed by atoms with Gasteiger partial charge in [0, 0.05) is 0 Å². The maximum atomic E-state index is 3.41. The molecule has 0 spiro atoms. The molecule has 0 aliphatic carbocycles. The van der Waals surface area contributed by atoms with Crippen molar-refractivity contribution in [3.8, 4) is 11.8 Å². The number of hydrogen-bond acceptors (Lipinski definition) is 0. The molecule has 0 bridgehead atoms. The van der Waals surface area contributed by atoms with Crippen LogP contribution < -0.4 is 4.46 Å². The fraction of sp³-hybridized carbons (Fsp3) is 0.238. The molecule has 0 saturated heterocycles. The van der Waals surface area contributed by atoms with Crippen molar-refractivity contribution >= 4 is 25.5 Å². The van der Waals surface area contributed by atoms with Gasteiger partial charge in [-0.05, 0) is 0 Å². The predicted molar refractivity (Wildman–Crippen MR) is 98.2 cm³/mol. The Morgan fingerprint density at radius 3 is 2.32 bits per heavy atom. The molecule has 0 N–H and O–H groups in total. The molecule has 0 fully saturated rings. The molecule has 0 amide bonds. The quantitative estimate of drug-likeness (QED) is 0.403. The van der Waals surface area contributed by atoms with Crippen LogP contribution in [0.3, 0.4) is 0 Å². The Labute approximate surface area is 140 Å². The molecule has 22 heavy (non-hydrogen) atoms. The number of allylic oxidation sites excluding steroid dienone is 1. The van der Waals surface area contributed by atoms with Crippen LogP contribution in [-0.4, -0.2) is 15.0 Å². The van der Waals surface area contributed by atoms with E-state index in [2.05, 4.69) is 85.5 Å². The third-order valence-corrected chi connectivity index (χ3v) is 5.17. The summed E-state index contributed by atoms with van der Waals surface area (Å²) >= 11 is 0.273. The Bertz CT molecular complexity index is 630. The average molecular weight is 353 g/mol. The average Bonchev–Trinajstić information content (AvgIpc) is 2.56. The van der Waals surface area contributed by atoms with E-state index in [9.17, 15) is 0 Å². The number of rotatable bonds is 6. The molecule has 0 aliphatic heterocycles. The molecule has 0 nitrogen and oxygen atoms in total. The minimum atomic E-state index is 0.273. The van der Waals surface area contributed by atoms with E-state index >= 15 is 0 Å². The van der Waals surface area contributed by atoms with Crippen LogP contribution in [0.2, 0.25) is 0 Å². The Kier molecular flexibility index (Phi) is 7.61. The van der Waals surface area contributed by atoms with E-state index in [1.807, 2.05) is 0 Å². The Morgan fingerprint density at radius 2 is 1.64 bits per heavy atom. The van der Waals surface area contributed by atoms with E-state index in [0.29, 0.717) is 0 Å². The summed E-state index contributed by atoms with van der Waals surface area (Å²) < 4.78 is 2.63. The van der Waals surface area contributed by atoms with Crippen molar-refractivity contribution in [3.63, 3.8) is 0 Å². The molecule has 0 aliphatic rings. The van der Waals surface area contributed by atoms with E-state index in [4.69, 9.17) is 0 Å². The minimum absolute atomic E-state index is 0.273. The van der Waals surface area contributed by atoms with Crippen molar-refractivity contribution in [1.82, 2.24) is 0 Å². The van der Waals surface area contributed by atoms with Crippen LogP contribution in [0.1, 0.15) is 38.2 Å². The first kappa shape index (κ1) is 16.6. The van der Waals surface area contributed by atoms with Crippen molar-refractivity contribution in [2.75, 3.05) is 0 Å². The molecule has 0 aromatic heterocycles. The molecule has 2 rings (SSSR count). The van der Waals surface area contributed by atoms with Gasteiger partial charge in [-0.15, -0.1) is 0 Å². The van der Waals surface area contributed by atoms with Crippen molar-refractivity contribution in [3.05, 3.63) is 70.7 Å². The van der Waals surface area contributed by atoms with E-state index in [1.165, 1.54) is 33.8 Å². The van der Waals surface area contributed by atoms with Gasteiger partial charge in [-0.2, -0.15) is 0 Å². The standard InChI is InChI=1S/C21H22Se/c1-2-3-4-5-10-17-21(18-19-13-8-6-9-14-19)22-20-15-11-7-12-16-20/h6-9,11-16,18H,2-5H2,1H3/b21-18-. The van der Waals surface area contributed by atoms with Gasteiger partial charge in [0.15, 0.2) is 0 Å². The Morgan fingerprint density at radius 1 is 0.955 bits per heavy atom. The molecule has 0 atom stereocenters. The molecule has 1 heteroatoms. The van der Waals surface area contributed by atoms with Crippen LogP contribution in [0.4, 0.5) is 0 Å². The number of benzene rings is 2. The molecule has 0 unspecified atom stereocenters. The second-order valence-corrected chi connectivity index (χ2v) is 7.43. The summed E-state index contributed by atoms with van der Waals surface area (Å²) in [5.74, 6) is 6.77. The van der Waals surface area contributed by atoms with E-state index in [1.54, 1.807) is 0 Å². The summed E-state index contributed by atoms with van der Waals surface area (Å²) in [5.41, 5.74) is 1.23. The summed E-state index contributed by atoms with van der Waals surface area (Å²) in [6, 6.07) is 21.1. The van der Waals surface area contributed by atoms with Crippen molar-refractivity contribution in [2.45, 2.75) is 32.6 Å². The van der Waals surface area contributed by atoms with E-state index < -0.39 is 0 Å². The van der Waals surface area contributed by atoms with Crippen molar-refractivity contribution in [1.29, 1.82) is 0 Å². The molecule has 2 aromatic carbocycles. The van der Waals surface area contributed by atoms with Crippen molar-refractivity contribution in [2.24, 2.45) is 0 Å². The van der Waals surface area contributed by atoms with Gasteiger partial charge in [-0.3, -0.25) is 0 Å². The first-order valence-corrected chi connectivity index (χ1v) is 9.58. The van der Waals surface area contributed by atoms with Gasteiger partial charge in [0.25, 0.3) is 0 Å². The van der Waals surface area contributed by atoms with Gasteiger partial charge in [-0.1, -0.05) is 0 Å². The Balaban J connectivity index is 2.12. The first-order valence-electron chi connectivity index (χ1n) is 7.87. The zero-order valence-electron chi connectivity index (χ0n) is 13.1. The van der Waals surface area contributed by atoms with Gasteiger partial charge < -0.3 is 0 Å². The van der Waals surface area contributed by atoms with Gasteiger partial charge in [0.2, 0.25) is 0 Å². The summed E-state index contributed by atoms with van der Waals surface area (Å²) in [7, 11) is 0. The third-order valence-electron chi connectivity index (χ3n) is 3.19. The fourth-order valence-electron chi connectivity index (χ4n) is 2.02. The van der Waals surface area contributed by atoms with Crippen LogP contribution in [0.15, 0.2) is 65.1 Å². The molecule has 0 radical (unpaired) electrons. The number of hydrogen-bond donors (Lipinski definition) is 0. The molecular formula is C21H22Se. The second kappa shape index (κ2) is 10.1. The van der Waals surface area contributed by atoms with E-state index in [0.717, 1.165) is 6.42 Å². The monoisotopic (exact) mass is 354 g/mol. The molecule has 0 heterocycles. The predicted octanol–water partition coefficient (Wildman–Crippen LogP) is 4.64. The van der Waals surface area contributed by atoms with Crippen LogP contribution >= 0.6 is 0 Å². The van der Waals surface area contributed by atoms with E-state index in [-0.39, 0.29) is 15.0 Å². The fourth-order valence-corrected chi connectivity index (χ4v) is 3.84. The molecular weight excluding hydrogens is 331 g/mol. The zero-order valence-corrected chi connectivity index (χ0v) is 14.8. The van der Waals surface area contributed by atoms with Crippen LogP contribution in [0.25, 0.3) is 6.08 Å². The first-order chi connectivity index (χ1) is 10.9. The SMILES string of the molecule is CCCCCC#C/C(=C/c1ccccc1)[Se]c1ccccc1. The number of unbranched alkanes of at least 4 members (excludes halogenated alkanes) is 3. The van der Waals surface area contributed by atoms with Gasteiger partial charge >= 0.3 is 141 Å². The van der Waals surface area contributed by atoms with Crippen LogP contribution in [0.5, 0.6) is 0 Å². The third kappa shape index (κ3) is 6.35. The maximum absolute atomic E-state index is 3.41. The summed E-state index contributed by atoms with van der Waals surface area (Å²) in [4.78, 5) is 0. The summed E-state index contributed by atoms with van der Waals surface area (Å²) in [5, 5.41) is 0. The topological polar surface area (TPSA) is 0 Å². The molecule has 2 aromatic rings. The summed E-state index contributed by atoms with van der Waals surface area (Å²) in [6.45, 7) is 2.23. The zero-order chi connectivity index (χ0) is 15.5. The molecule has 112 valence electrons.